The maximum Gasteiger partial charge on any atom is 0.163 e. The molecule has 5 heteroatoms. The van der Waals surface area contributed by atoms with Gasteiger partial charge in [0, 0.05) is 11.1 Å². The third-order valence-corrected chi connectivity index (χ3v) is 4.85. The van der Waals surface area contributed by atoms with E-state index in [2.05, 4.69) is 0 Å². The summed E-state index contributed by atoms with van der Waals surface area (Å²) in [6, 6.07) is 20.9. The lowest BCUT2D eigenvalue weighted by Gasteiger charge is -2.32. The van der Waals surface area contributed by atoms with Gasteiger partial charge in [-0.2, -0.15) is 0 Å². The molecule has 2 atom stereocenters. The fraction of sp³-hybridized carbons (Fsp3) is 0.208. The van der Waals surface area contributed by atoms with E-state index in [0.29, 0.717) is 35.2 Å². The first-order valence-corrected chi connectivity index (χ1v) is 9.45. The molecule has 4 rings (SSSR count). The topological polar surface area (TPSA) is 54.0 Å². The molecule has 0 fully saturated rings. The molecule has 0 saturated carbocycles. The Hall–Kier alpha value is -3.47. The number of ether oxygens (including phenoxy) is 4. The van der Waals surface area contributed by atoms with Crippen molar-refractivity contribution >= 4 is 6.29 Å². The van der Waals surface area contributed by atoms with E-state index in [9.17, 15) is 4.79 Å². The van der Waals surface area contributed by atoms with Gasteiger partial charge in [0.2, 0.25) is 0 Å². The smallest absolute Gasteiger partial charge is 0.163 e. The number of hydrogen-bond acceptors (Lipinski definition) is 5. The van der Waals surface area contributed by atoms with E-state index in [1.54, 1.807) is 25.3 Å². The maximum atomic E-state index is 11.1. The quantitative estimate of drug-likeness (QED) is 0.555. The van der Waals surface area contributed by atoms with Crippen LogP contribution in [0.5, 0.6) is 23.0 Å². The molecule has 0 bridgehead atoms. The Bertz CT molecular complexity index is 999. The van der Waals surface area contributed by atoms with E-state index in [1.165, 1.54) is 0 Å². The zero-order chi connectivity index (χ0) is 20.2. The van der Waals surface area contributed by atoms with Gasteiger partial charge < -0.3 is 18.9 Å². The van der Waals surface area contributed by atoms with Crippen molar-refractivity contribution in [2.24, 2.45) is 0 Å². The second-order valence-corrected chi connectivity index (χ2v) is 6.87. The SMILES string of the molecule is COc1cc([C@H]2Oc3cc(C=O)ccc3O[C@@H]2C)ccc1OCc1ccccc1. The third kappa shape index (κ3) is 4.04. The van der Waals surface area contributed by atoms with Gasteiger partial charge in [0.25, 0.3) is 0 Å². The van der Waals surface area contributed by atoms with Crippen LogP contribution in [0.15, 0.2) is 66.7 Å². The van der Waals surface area contributed by atoms with E-state index in [-0.39, 0.29) is 12.2 Å². The molecule has 29 heavy (non-hydrogen) atoms. The highest BCUT2D eigenvalue weighted by Gasteiger charge is 2.30. The highest BCUT2D eigenvalue weighted by molar-refractivity contribution is 5.76. The highest BCUT2D eigenvalue weighted by Crippen LogP contribution is 2.41. The molecule has 3 aromatic carbocycles. The van der Waals surface area contributed by atoms with Crippen molar-refractivity contribution in [3.63, 3.8) is 0 Å². The Morgan fingerprint density at radius 1 is 0.931 bits per heavy atom. The Kier molecular flexibility index (Phi) is 5.38. The minimum Gasteiger partial charge on any atom is -0.493 e. The molecular formula is C24H22O5. The summed E-state index contributed by atoms with van der Waals surface area (Å²) in [6.07, 6.45) is 0.255. The summed E-state index contributed by atoms with van der Waals surface area (Å²) >= 11 is 0. The summed E-state index contributed by atoms with van der Waals surface area (Å²) in [5.41, 5.74) is 2.53. The van der Waals surface area contributed by atoms with Crippen molar-refractivity contribution in [1.29, 1.82) is 0 Å². The summed E-state index contributed by atoms with van der Waals surface area (Å²) in [5.74, 6) is 2.48. The third-order valence-electron chi connectivity index (χ3n) is 4.85. The molecule has 0 aliphatic carbocycles. The van der Waals surface area contributed by atoms with Crippen LogP contribution in [0, 0.1) is 0 Å². The minimum atomic E-state index is -0.332. The second-order valence-electron chi connectivity index (χ2n) is 6.87. The van der Waals surface area contributed by atoms with Crippen LogP contribution in [0.25, 0.3) is 0 Å². The average molecular weight is 390 g/mol. The number of carbonyl (C=O) groups is 1. The van der Waals surface area contributed by atoms with Crippen molar-refractivity contribution in [2.45, 2.75) is 25.7 Å². The van der Waals surface area contributed by atoms with E-state index in [1.807, 2.05) is 55.5 Å². The van der Waals surface area contributed by atoms with Crippen LogP contribution in [-0.2, 0) is 6.61 Å². The van der Waals surface area contributed by atoms with Gasteiger partial charge in [-0.15, -0.1) is 0 Å². The zero-order valence-electron chi connectivity index (χ0n) is 16.3. The lowest BCUT2D eigenvalue weighted by atomic mass is 10.0. The molecule has 1 aliphatic rings. The van der Waals surface area contributed by atoms with Gasteiger partial charge in [0.15, 0.2) is 29.1 Å². The molecular weight excluding hydrogens is 368 g/mol. The maximum absolute atomic E-state index is 11.1. The van der Waals surface area contributed by atoms with Gasteiger partial charge in [-0.1, -0.05) is 36.4 Å². The van der Waals surface area contributed by atoms with E-state index in [0.717, 1.165) is 17.4 Å². The van der Waals surface area contributed by atoms with Crippen molar-refractivity contribution in [2.75, 3.05) is 7.11 Å². The monoisotopic (exact) mass is 390 g/mol. The molecule has 0 unspecified atom stereocenters. The lowest BCUT2D eigenvalue weighted by Crippen LogP contribution is -2.30. The van der Waals surface area contributed by atoms with Gasteiger partial charge >= 0.3 is 0 Å². The van der Waals surface area contributed by atoms with Crippen LogP contribution in [-0.4, -0.2) is 19.5 Å². The Labute approximate surface area is 169 Å². The van der Waals surface area contributed by atoms with Gasteiger partial charge in [-0.3, -0.25) is 4.79 Å². The highest BCUT2D eigenvalue weighted by atomic mass is 16.6. The summed E-state index contributed by atoms with van der Waals surface area (Å²) in [5, 5.41) is 0. The second kappa shape index (κ2) is 8.27. The van der Waals surface area contributed by atoms with Crippen molar-refractivity contribution < 1.29 is 23.7 Å². The minimum absolute atomic E-state index is 0.203. The van der Waals surface area contributed by atoms with Crippen LogP contribution >= 0.6 is 0 Å². The van der Waals surface area contributed by atoms with Gasteiger partial charge in [-0.25, -0.2) is 0 Å². The molecule has 1 aliphatic heterocycles. The van der Waals surface area contributed by atoms with Crippen molar-refractivity contribution in [3.05, 3.63) is 83.4 Å². The van der Waals surface area contributed by atoms with Crippen LogP contribution < -0.4 is 18.9 Å². The zero-order valence-corrected chi connectivity index (χ0v) is 16.3. The van der Waals surface area contributed by atoms with E-state index < -0.39 is 0 Å². The molecule has 0 saturated heterocycles. The number of hydrogen-bond donors (Lipinski definition) is 0. The first-order chi connectivity index (χ1) is 14.2. The summed E-state index contributed by atoms with van der Waals surface area (Å²) in [6.45, 7) is 2.41. The van der Waals surface area contributed by atoms with Gasteiger partial charge in [0.05, 0.1) is 7.11 Å². The molecule has 5 nitrogen and oxygen atoms in total. The van der Waals surface area contributed by atoms with E-state index >= 15 is 0 Å². The molecule has 0 N–H and O–H groups in total. The van der Waals surface area contributed by atoms with Crippen LogP contribution in [0.2, 0.25) is 0 Å². The molecule has 3 aromatic rings. The molecule has 148 valence electrons. The Morgan fingerprint density at radius 2 is 1.76 bits per heavy atom. The first kappa shape index (κ1) is 18.9. The number of carbonyl (C=O) groups excluding carboxylic acids is 1. The standard InChI is InChI=1S/C24H22O5/c1-16-24(29-23-12-18(14-25)8-10-21(23)28-16)19-9-11-20(22(13-19)26-2)27-15-17-6-4-3-5-7-17/h3-14,16,24H,15H2,1-2H3/t16-,24+/m1/s1. The van der Waals surface area contributed by atoms with Crippen LogP contribution in [0.3, 0.4) is 0 Å². The van der Waals surface area contributed by atoms with Gasteiger partial charge in [0.1, 0.15) is 19.0 Å². The Balaban J connectivity index is 1.55. The predicted octanol–water partition coefficient (Wildman–Crippen LogP) is 4.99. The summed E-state index contributed by atoms with van der Waals surface area (Å²) in [4.78, 5) is 11.1. The molecule has 0 spiro atoms. The van der Waals surface area contributed by atoms with Crippen LogP contribution in [0.1, 0.15) is 34.5 Å². The largest absolute Gasteiger partial charge is 0.493 e. The number of benzene rings is 3. The fourth-order valence-corrected chi connectivity index (χ4v) is 3.34. The number of fused-ring (bicyclic) bond motifs is 1. The predicted molar refractivity (Wildman–Crippen MR) is 109 cm³/mol. The number of methoxy groups -OCH3 is 1. The summed E-state index contributed by atoms with van der Waals surface area (Å²) in [7, 11) is 1.61. The number of rotatable bonds is 6. The number of aldehydes is 1. The molecule has 1 heterocycles. The van der Waals surface area contributed by atoms with Crippen molar-refractivity contribution in [3.8, 4) is 23.0 Å². The first-order valence-electron chi connectivity index (χ1n) is 9.45. The molecule has 0 aromatic heterocycles. The van der Waals surface area contributed by atoms with Gasteiger partial charge in [-0.05, 0) is 42.8 Å². The lowest BCUT2D eigenvalue weighted by molar-refractivity contribution is 0.0305. The average Bonchev–Trinajstić information content (AvgIpc) is 2.77. The normalized spacial score (nSPS) is 17.4. The molecule has 0 amide bonds. The van der Waals surface area contributed by atoms with E-state index in [4.69, 9.17) is 18.9 Å². The summed E-state index contributed by atoms with van der Waals surface area (Å²) < 4.78 is 23.6. The van der Waals surface area contributed by atoms with Crippen molar-refractivity contribution in [1.82, 2.24) is 0 Å². The Morgan fingerprint density at radius 3 is 2.52 bits per heavy atom. The van der Waals surface area contributed by atoms with Crippen LogP contribution in [0.4, 0.5) is 0 Å². The molecule has 0 radical (unpaired) electrons. The fourth-order valence-electron chi connectivity index (χ4n) is 3.34.